The summed E-state index contributed by atoms with van der Waals surface area (Å²) in [5, 5.41) is 8.32. The predicted molar refractivity (Wildman–Crippen MR) is 111 cm³/mol. The summed E-state index contributed by atoms with van der Waals surface area (Å²) in [6.07, 6.45) is 3.13. The number of hydrogen-bond donors (Lipinski definition) is 1. The van der Waals surface area contributed by atoms with Gasteiger partial charge in [0.15, 0.2) is 0 Å². The molecule has 0 spiro atoms. The number of benzene rings is 2. The summed E-state index contributed by atoms with van der Waals surface area (Å²) < 4.78 is 1.68. The number of aromatic nitrogens is 3. The second-order valence-electron chi connectivity index (χ2n) is 6.24. The second kappa shape index (κ2) is 8.94. The molecule has 1 amide bonds. The highest BCUT2D eigenvalue weighted by Gasteiger charge is 2.07. The van der Waals surface area contributed by atoms with Crippen molar-refractivity contribution < 1.29 is 4.79 Å². The van der Waals surface area contributed by atoms with Crippen molar-refractivity contribution in [3.8, 4) is 5.69 Å². The minimum atomic E-state index is -0.232. The zero-order chi connectivity index (χ0) is 19.9. The molecule has 7 nitrogen and oxygen atoms in total. The van der Waals surface area contributed by atoms with E-state index in [-0.39, 0.29) is 5.91 Å². The van der Waals surface area contributed by atoms with Crippen molar-refractivity contribution in [3.05, 3.63) is 72.3 Å². The smallest absolute Gasteiger partial charge is 0.271 e. The molecule has 0 bridgehead atoms. The second-order valence-corrected chi connectivity index (χ2v) is 6.24. The number of hydrogen-bond acceptors (Lipinski definition) is 5. The third-order valence-corrected chi connectivity index (χ3v) is 4.55. The number of carbonyl (C=O) groups is 1. The van der Waals surface area contributed by atoms with E-state index in [1.54, 1.807) is 11.0 Å². The largest absolute Gasteiger partial charge is 0.372 e. The van der Waals surface area contributed by atoms with Crippen LogP contribution in [0.15, 0.2) is 66.3 Å². The van der Waals surface area contributed by atoms with E-state index in [2.05, 4.69) is 39.4 Å². The standard InChI is InChI=1S/C21H24N6O/c1-4-26(5-2)19-10-8-18(9-11-19)21(28)25-24-16(3)17-6-12-20(13-7-17)27-15-22-14-23-27/h6-15H,4-5H2,1-3H3,(H,25,28)/b24-16+. The molecule has 0 aliphatic rings. The van der Waals surface area contributed by atoms with Gasteiger partial charge in [0.05, 0.1) is 11.4 Å². The molecule has 0 atom stereocenters. The van der Waals surface area contributed by atoms with Crippen molar-refractivity contribution in [2.75, 3.05) is 18.0 Å². The molecule has 1 N–H and O–H groups in total. The monoisotopic (exact) mass is 376 g/mol. The summed E-state index contributed by atoms with van der Waals surface area (Å²) >= 11 is 0. The van der Waals surface area contributed by atoms with Gasteiger partial charge in [0, 0.05) is 24.3 Å². The lowest BCUT2D eigenvalue weighted by Gasteiger charge is -2.20. The van der Waals surface area contributed by atoms with E-state index in [0.29, 0.717) is 5.56 Å². The van der Waals surface area contributed by atoms with Crippen LogP contribution in [0.1, 0.15) is 36.7 Å². The van der Waals surface area contributed by atoms with E-state index in [9.17, 15) is 4.79 Å². The van der Waals surface area contributed by atoms with E-state index < -0.39 is 0 Å². The fraction of sp³-hybridized carbons (Fsp3) is 0.238. The van der Waals surface area contributed by atoms with Crippen LogP contribution in [-0.4, -0.2) is 39.5 Å². The Balaban J connectivity index is 1.64. The number of nitrogens with zero attached hydrogens (tertiary/aromatic N) is 5. The van der Waals surface area contributed by atoms with E-state index in [1.165, 1.54) is 6.33 Å². The van der Waals surface area contributed by atoms with Crippen molar-refractivity contribution >= 4 is 17.3 Å². The quantitative estimate of drug-likeness (QED) is 0.507. The SMILES string of the molecule is CCN(CC)c1ccc(C(=O)N/N=C(\C)c2ccc(-n3cncn3)cc2)cc1. The maximum atomic E-state index is 12.4. The Hall–Kier alpha value is -3.48. The normalized spacial score (nSPS) is 11.3. The van der Waals surface area contributed by atoms with Crippen LogP contribution in [0, 0.1) is 0 Å². The van der Waals surface area contributed by atoms with Crippen molar-refractivity contribution in [3.63, 3.8) is 0 Å². The molecule has 144 valence electrons. The molecule has 1 heterocycles. The maximum Gasteiger partial charge on any atom is 0.271 e. The fourth-order valence-corrected chi connectivity index (χ4v) is 2.87. The predicted octanol–water partition coefficient (Wildman–Crippen LogP) is 3.27. The highest BCUT2D eigenvalue weighted by molar-refractivity contribution is 6.01. The highest BCUT2D eigenvalue weighted by Crippen LogP contribution is 2.15. The number of nitrogens with one attached hydrogen (secondary N) is 1. The average molecular weight is 376 g/mol. The van der Waals surface area contributed by atoms with Crippen LogP contribution in [0.4, 0.5) is 5.69 Å². The lowest BCUT2D eigenvalue weighted by molar-refractivity contribution is 0.0955. The Kier molecular flexibility index (Phi) is 6.16. The van der Waals surface area contributed by atoms with Gasteiger partial charge in [-0.15, -0.1) is 0 Å². The molecule has 0 aliphatic heterocycles. The molecule has 1 aromatic heterocycles. The van der Waals surface area contributed by atoms with Crippen LogP contribution < -0.4 is 10.3 Å². The van der Waals surface area contributed by atoms with E-state index in [4.69, 9.17) is 0 Å². The molecule has 0 saturated carbocycles. The van der Waals surface area contributed by atoms with Crippen molar-refractivity contribution in [2.24, 2.45) is 5.10 Å². The highest BCUT2D eigenvalue weighted by atomic mass is 16.2. The first kappa shape index (κ1) is 19.3. The number of carbonyl (C=O) groups excluding carboxylic acids is 1. The van der Waals surface area contributed by atoms with Crippen LogP contribution in [0.3, 0.4) is 0 Å². The lowest BCUT2D eigenvalue weighted by Crippen LogP contribution is -2.22. The maximum absolute atomic E-state index is 12.4. The molecule has 7 heteroatoms. The number of rotatable bonds is 7. The van der Waals surface area contributed by atoms with E-state index in [1.807, 2.05) is 55.5 Å². The minimum absolute atomic E-state index is 0.232. The molecule has 3 aromatic rings. The first-order chi connectivity index (χ1) is 13.6. The van der Waals surface area contributed by atoms with E-state index >= 15 is 0 Å². The van der Waals surface area contributed by atoms with Crippen LogP contribution in [0.5, 0.6) is 0 Å². The van der Waals surface area contributed by atoms with Gasteiger partial charge in [-0.1, -0.05) is 12.1 Å². The van der Waals surface area contributed by atoms with Crippen LogP contribution in [0.25, 0.3) is 5.69 Å². The Bertz CT molecular complexity index is 926. The molecule has 28 heavy (non-hydrogen) atoms. The third kappa shape index (κ3) is 4.43. The van der Waals surface area contributed by atoms with Gasteiger partial charge in [-0.05, 0) is 62.7 Å². The molecule has 0 aliphatic carbocycles. The molecule has 3 rings (SSSR count). The van der Waals surface area contributed by atoms with Crippen LogP contribution in [0.2, 0.25) is 0 Å². The summed E-state index contributed by atoms with van der Waals surface area (Å²) in [5.41, 5.74) is 6.85. The zero-order valence-corrected chi connectivity index (χ0v) is 16.3. The van der Waals surface area contributed by atoms with Crippen molar-refractivity contribution in [1.82, 2.24) is 20.2 Å². The minimum Gasteiger partial charge on any atom is -0.372 e. The summed E-state index contributed by atoms with van der Waals surface area (Å²) in [5.74, 6) is -0.232. The molecule has 0 unspecified atom stereocenters. The third-order valence-electron chi connectivity index (χ3n) is 4.55. The van der Waals surface area contributed by atoms with Gasteiger partial charge < -0.3 is 4.90 Å². The van der Waals surface area contributed by atoms with Gasteiger partial charge in [0.1, 0.15) is 12.7 Å². The molecule has 2 aromatic carbocycles. The summed E-state index contributed by atoms with van der Waals surface area (Å²) in [7, 11) is 0. The van der Waals surface area contributed by atoms with Crippen LogP contribution >= 0.6 is 0 Å². The molecule has 0 saturated heterocycles. The molecular formula is C21H24N6O. The Morgan fingerprint density at radius 3 is 2.25 bits per heavy atom. The number of hydrazone groups is 1. The molecular weight excluding hydrogens is 352 g/mol. The van der Waals surface area contributed by atoms with Crippen molar-refractivity contribution in [1.29, 1.82) is 0 Å². The number of anilines is 1. The number of amides is 1. The van der Waals surface area contributed by atoms with Gasteiger partial charge in [0.2, 0.25) is 0 Å². The topological polar surface area (TPSA) is 75.4 Å². The lowest BCUT2D eigenvalue weighted by atomic mass is 10.1. The van der Waals surface area contributed by atoms with Gasteiger partial charge in [0.25, 0.3) is 5.91 Å². The average Bonchev–Trinajstić information content (AvgIpc) is 3.28. The Labute approximate surface area is 164 Å². The Morgan fingerprint density at radius 2 is 1.68 bits per heavy atom. The van der Waals surface area contributed by atoms with Crippen LogP contribution in [-0.2, 0) is 0 Å². The van der Waals surface area contributed by atoms with Gasteiger partial charge in [-0.25, -0.2) is 15.1 Å². The summed E-state index contributed by atoms with van der Waals surface area (Å²) in [4.78, 5) is 18.5. The fourth-order valence-electron chi connectivity index (χ4n) is 2.87. The first-order valence-electron chi connectivity index (χ1n) is 9.27. The van der Waals surface area contributed by atoms with Gasteiger partial charge in [-0.3, -0.25) is 4.79 Å². The first-order valence-corrected chi connectivity index (χ1v) is 9.27. The zero-order valence-electron chi connectivity index (χ0n) is 16.3. The van der Waals surface area contributed by atoms with E-state index in [0.717, 1.165) is 35.7 Å². The summed E-state index contributed by atoms with van der Waals surface area (Å²) in [6, 6.07) is 15.3. The van der Waals surface area contributed by atoms with Gasteiger partial charge in [-0.2, -0.15) is 10.2 Å². The van der Waals surface area contributed by atoms with Gasteiger partial charge >= 0.3 is 0 Å². The Morgan fingerprint density at radius 1 is 1.04 bits per heavy atom. The molecule has 0 radical (unpaired) electrons. The summed E-state index contributed by atoms with van der Waals surface area (Å²) in [6.45, 7) is 7.94. The van der Waals surface area contributed by atoms with Crippen molar-refractivity contribution in [2.45, 2.75) is 20.8 Å². The molecule has 0 fully saturated rings.